The van der Waals surface area contributed by atoms with E-state index in [1.165, 1.54) is 5.56 Å². The first-order chi connectivity index (χ1) is 9.76. The largest absolute Gasteiger partial charge is 0.490 e. The number of para-hydroxylation sites is 1. The third-order valence-electron chi connectivity index (χ3n) is 3.30. The average molecular weight is 279 g/mol. The highest BCUT2D eigenvalue weighted by Gasteiger charge is 2.14. The van der Waals surface area contributed by atoms with Crippen molar-refractivity contribution in [3.8, 4) is 11.5 Å². The van der Waals surface area contributed by atoms with E-state index in [-0.39, 0.29) is 6.10 Å². The molecule has 0 aliphatic carbocycles. The van der Waals surface area contributed by atoms with Crippen molar-refractivity contribution in [1.29, 1.82) is 0 Å². The summed E-state index contributed by atoms with van der Waals surface area (Å²) in [5, 5.41) is 3.43. The summed E-state index contributed by atoms with van der Waals surface area (Å²) >= 11 is 0. The highest BCUT2D eigenvalue weighted by Crippen LogP contribution is 2.33. The molecule has 0 aromatic heterocycles. The van der Waals surface area contributed by atoms with E-state index < -0.39 is 0 Å². The Balaban J connectivity index is 2.92. The van der Waals surface area contributed by atoms with Crippen molar-refractivity contribution >= 4 is 0 Å². The van der Waals surface area contributed by atoms with E-state index in [9.17, 15) is 0 Å². The van der Waals surface area contributed by atoms with Gasteiger partial charge in [-0.05, 0) is 38.8 Å². The lowest BCUT2D eigenvalue weighted by Gasteiger charge is -2.21. The molecule has 1 rings (SSSR count). The molecule has 3 heteroatoms. The van der Waals surface area contributed by atoms with Gasteiger partial charge in [-0.2, -0.15) is 0 Å². The van der Waals surface area contributed by atoms with Crippen LogP contribution < -0.4 is 14.8 Å². The van der Waals surface area contributed by atoms with Crippen molar-refractivity contribution in [2.45, 2.75) is 59.6 Å². The second-order valence-corrected chi connectivity index (χ2v) is 4.91. The second-order valence-electron chi connectivity index (χ2n) is 4.91. The number of nitrogens with one attached hydrogen (secondary N) is 1. The molecule has 0 saturated carbocycles. The van der Waals surface area contributed by atoms with E-state index in [2.05, 4.69) is 32.2 Å². The molecule has 1 aromatic carbocycles. The zero-order valence-corrected chi connectivity index (χ0v) is 13.4. The summed E-state index contributed by atoms with van der Waals surface area (Å²) in [4.78, 5) is 0. The van der Waals surface area contributed by atoms with Crippen LogP contribution in [-0.2, 0) is 6.54 Å². The van der Waals surface area contributed by atoms with E-state index in [0.717, 1.165) is 43.9 Å². The average Bonchev–Trinajstić information content (AvgIpc) is 2.47. The fourth-order valence-corrected chi connectivity index (χ4v) is 2.13. The standard InChI is InChI=1S/C17H29NO2/c1-5-12-18-13-14-10-9-11-16(19-8-4)17(14)20-15(6-2)7-3/h9-11,15,18H,5-8,12-13H2,1-4H3. The van der Waals surface area contributed by atoms with Gasteiger partial charge < -0.3 is 14.8 Å². The number of hydrogen-bond donors (Lipinski definition) is 1. The van der Waals surface area contributed by atoms with Gasteiger partial charge in [0.25, 0.3) is 0 Å². The van der Waals surface area contributed by atoms with Crippen molar-refractivity contribution in [3.63, 3.8) is 0 Å². The minimum atomic E-state index is 0.251. The smallest absolute Gasteiger partial charge is 0.166 e. The first-order valence-electron chi connectivity index (χ1n) is 7.88. The summed E-state index contributed by atoms with van der Waals surface area (Å²) in [5.41, 5.74) is 1.18. The van der Waals surface area contributed by atoms with Gasteiger partial charge in [0.1, 0.15) is 0 Å². The molecule has 0 saturated heterocycles. The molecule has 0 spiro atoms. The Morgan fingerprint density at radius 3 is 2.45 bits per heavy atom. The van der Waals surface area contributed by atoms with Gasteiger partial charge in [-0.25, -0.2) is 0 Å². The van der Waals surface area contributed by atoms with Crippen LogP contribution in [0.25, 0.3) is 0 Å². The highest BCUT2D eigenvalue weighted by molar-refractivity contribution is 5.46. The maximum atomic E-state index is 6.19. The fraction of sp³-hybridized carbons (Fsp3) is 0.647. The van der Waals surface area contributed by atoms with E-state index >= 15 is 0 Å². The number of hydrogen-bond acceptors (Lipinski definition) is 3. The van der Waals surface area contributed by atoms with Gasteiger partial charge in [0.2, 0.25) is 0 Å². The van der Waals surface area contributed by atoms with Crippen molar-refractivity contribution in [2.75, 3.05) is 13.2 Å². The monoisotopic (exact) mass is 279 g/mol. The Hall–Kier alpha value is -1.22. The van der Waals surface area contributed by atoms with Crippen molar-refractivity contribution in [2.24, 2.45) is 0 Å². The van der Waals surface area contributed by atoms with Crippen LogP contribution in [0, 0.1) is 0 Å². The van der Waals surface area contributed by atoms with Crippen LogP contribution in [0.3, 0.4) is 0 Å². The molecule has 0 atom stereocenters. The van der Waals surface area contributed by atoms with Gasteiger partial charge in [0.15, 0.2) is 11.5 Å². The van der Waals surface area contributed by atoms with Crippen LogP contribution in [0.15, 0.2) is 18.2 Å². The molecule has 20 heavy (non-hydrogen) atoms. The topological polar surface area (TPSA) is 30.5 Å². The normalized spacial score (nSPS) is 10.8. The predicted octanol–water partition coefficient (Wildman–Crippen LogP) is 4.15. The van der Waals surface area contributed by atoms with Crippen LogP contribution in [0.2, 0.25) is 0 Å². The Labute approximate surface area is 123 Å². The van der Waals surface area contributed by atoms with E-state index in [1.54, 1.807) is 0 Å². The second kappa shape index (κ2) is 9.65. The van der Waals surface area contributed by atoms with Crippen LogP contribution in [-0.4, -0.2) is 19.3 Å². The Kier molecular flexibility index (Phi) is 8.12. The van der Waals surface area contributed by atoms with Gasteiger partial charge in [-0.3, -0.25) is 0 Å². The maximum absolute atomic E-state index is 6.19. The summed E-state index contributed by atoms with van der Waals surface area (Å²) in [6.45, 7) is 11.0. The zero-order chi connectivity index (χ0) is 14.8. The molecular weight excluding hydrogens is 250 g/mol. The molecule has 0 unspecified atom stereocenters. The molecule has 1 aromatic rings. The van der Waals surface area contributed by atoms with Gasteiger partial charge in [0, 0.05) is 12.1 Å². The molecule has 114 valence electrons. The lowest BCUT2D eigenvalue weighted by atomic mass is 10.1. The minimum Gasteiger partial charge on any atom is -0.490 e. The lowest BCUT2D eigenvalue weighted by Crippen LogP contribution is -2.19. The molecule has 0 aliphatic heterocycles. The molecule has 0 bridgehead atoms. The van der Waals surface area contributed by atoms with E-state index in [0.29, 0.717) is 6.61 Å². The third kappa shape index (κ3) is 5.04. The summed E-state index contributed by atoms with van der Waals surface area (Å²) in [6.07, 6.45) is 3.41. The maximum Gasteiger partial charge on any atom is 0.166 e. The fourth-order valence-electron chi connectivity index (χ4n) is 2.13. The predicted molar refractivity (Wildman–Crippen MR) is 84.6 cm³/mol. The molecule has 0 fully saturated rings. The summed E-state index contributed by atoms with van der Waals surface area (Å²) in [7, 11) is 0. The summed E-state index contributed by atoms with van der Waals surface area (Å²) in [6, 6.07) is 6.14. The Bertz CT molecular complexity index is 375. The molecular formula is C17H29NO2. The molecule has 3 nitrogen and oxygen atoms in total. The van der Waals surface area contributed by atoms with Gasteiger partial charge in [-0.1, -0.05) is 32.9 Å². The lowest BCUT2D eigenvalue weighted by molar-refractivity contribution is 0.179. The molecule has 0 amide bonds. The van der Waals surface area contributed by atoms with Gasteiger partial charge >= 0.3 is 0 Å². The number of ether oxygens (including phenoxy) is 2. The summed E-state index contributed by atoms with van der Waals surface area (Å²) < 4.78 is 11.9. The van der Waals surface area contributed by atoms with Crippen molar-refractivity contribution < 1.29 is 9.47 Å². The Morgan fingerprint density at radius 2 is 1.85 bits per heavy atom. The van der Waals surface area contributed by atoms with Gasteiger partial charge in [-0.15, -0.1) is 0 Å². The first-order valence-corrected chi connectivity index (χ1v) is 7.88. The molecule has 0 radical (unpaired) electrons. The van der Waals surface area contributed by atoms with Gasteiger partial charge in [0.05, 0.1) is 12.7 Å². The highest BCUT2D eigenvalue weighted by atomic mass is 16.5. The van der Waals surface area contributed by atoms with E-state index in [4.69, 9.17) is 9.47 Å². The first kappa shape index (κ1) is 16.8. The zero-order valence-electron chi connectivity index (χ0n) is 13.4. The Morgan fingerprint density at radius 1 is 1.10 bits per heavy atom. The van der Waals surface area contributed by atoms with Crippen LogP contribution in [0.1, 0.15) is 52.5 Å². The molecule has 0 aliphatic rings. The van der Waals surface area contributed by atoms with Crippen LogP contribution >= 0.6 is 0 Å². The number of benzene rings is 1. The SMILES string of the molecule is CCCNCc1cccc(OCC)c1OC(CC)CC. The third-order valence-corrected chi connectivity index (χ3v) is 3.30. The molecule has 0 heterocycles. The van der Waals surface area contributed by atoms with Crippen LogP contribution in [0.5, 0.6) is 11.5 Å². The van der Waals surface area contributed by atoms with E-state index in [1.807, 2.05) is 19.1 Å². The number of rotatable bonds is 10. The minimum absolute atomic E-state index is 0.251. The quantitative estimate of drug-likeness (QED) is 0.653. The van der Waals surface area contributed by atoms with Crippen LogP contribution in [0.4, 0.5) is 0 Å². The van der Waals surface area contributed by atoms with Crippen molar-refractivity contribution in [3.05, 3.63) is 23.8 Å². The summed E-state index contributed by atoms with van der Waals surface area (Å²) in [5.74, 6) is 1.77. The molecule has 1 N–H and O–H groups in total. The van der Waals surface area contributed by atoms with Crippen molar-refractivity contribution in [1.82, 2.24) is 5.32 Å².